The fourth-order valence-corrected chi connectivity index (χ4v) is 4.21. The Bertz CT molecular complexity index is 853. The maximum atomic E-state index is 13.1. The molecule has 0 spiro atoms. The number of nitrogens with zero attached hydrogens (tertiary/aromatic N) is 1. The largest absolute Gasteiger partial charge is 0.337 e. The number of rotatable bonds is 4. The number of aryl methyl sites for hydroxylation is 1. The van der Waals surface area contributed by atoms with E-state index in [0.717, 1.165) is 31.1 Å². The van der Waals surface area contributed by atoms with E-state index < -0.39 is 11.7 Å². The number of nitrogens with one attached hydrogen (secondary N) is 2. The van der Waals surface area contributed by atoms with Gasteiger partial charge in [0.05, 0.1) is 20.5 Å². The van der Waals surface area contributed by atoms with Crippen LogP contribution >= 0.6 is 35.3 Å². The lowest BCUT2D eigenvalue weighted by atomic mass is 10.2. The summed E-state index contributed by atoms with van der Waals surface area (Å²) in [7, 11) is 1.80. The van der Waals surface area contributed by atoms with Crippen LogP contribution in [0.4, 0.5) is 9.39 Å². The second-order valence-corrected chi connectivity index (χ2v) is 7.72. The van der Waals surface area contributed by atoms with Crippen molar-refractivity contribution in [3.05, 3.63) is 51.1 Å². The molecule has 0 saturated carbocycles. The molecule has 27 heavy (non-hydrogen) atoms. The molecule has 1 aliphatic heterocycles. The highest BCUT2D eigenvalue weighted by Gasteiger charge is 2.26. The summed E-state index contributed by atoms with van der Waals surface area (Å²) in [5.41, 5.74) is 0.986. The standard InChI is InChI=1S/C18H19ClFN3O2S.ClH/c1-10-7-15(22-17(24)13-4-3-11(20)8-14(13)19)26-16(10)18(25)23(2)12-5-6-21-9-12;/h3-4,7-8,12,21H,5-6,9H2,1-2H3,(H,22,24);1H. The van der Waals surface area contributed by atoms with Gasteiger partial charge >= 0.3 is 0 Å². The second-order valence-electron chi connectivity index (χ2n) is 6.26. The smallest absolute Gasteiger partial charge is 0.264 e. The molecule has 1 atom stereocenters. The predicted octanol–water partition coefficient (Wildman–Crippen LogP) is 3.96. The second kappa shape index (κ2) is 9.01. The van der Waals surface area contributed by atoms with Crippen LogP contribution in [-0.4, -0.2) is 42.9 Å². The van der Waals surface area contributed by atoms with Gasteiger partial charge in [0.15, 0.2) is 0 Å². The molecule has 9 heteroatoms. The highest BCUT2D eigenvalue weighted by molar-refractivity contribution is 7.18. The number of likely N-dealkylation sites (N-methyl/N-ethyl adjacent to an activating group) is 1. The zero-order valence-corrected chi connectivity index (χ0v) is 17.2. The van der Waals surface area contributed by atoms with Crippen LogP contribution in [0.1, 0.15) is 32.0 Å². The third-order valence-electron chi connectivity index (χ3n) is 4.43. The third kappa shape index (κ3) is 4.79. The molecule has 0 aliphatic carbocycles. The van der Waals surface area contributed by atoms with Crippen molar-refractivity contribution in [1.82, 2.24) is 10.2 Å². The summed E-state index contributed by atoms with van der Waals surface area (Å²) in [4.78, 5) is 27.5. The highest BCUT2D eigenvalue weighted by Crippen LogP contribution is 2.29. The molecular formula is C18H20Cl2FN3O2S. The fraction of sp³-hybridized carbons (Fsp3) is 0.333. The molecule has 2 amide bonds. The van der Waals surface area contributed by atoms with Crippen molar-refractivity contribution in [2.24, 2.45) is 0 Å². The lowest BCUT2D eigenvalue weighted by Crippen LogP contribution is -2.38. The Morgan fingerprint density at radius 1 is 1.37 bits per heavy atom. The SMILES string of the molecule is Cc1cc(NC(=O)c2ccc(F)cc2Cl)sc1C(=O)N(C)C1CCNC1.Cl. The molecule has 1 aliphatic rings. The van der Waals surface area contributed by atoms with Gasteiger partial charge in [-0.25, -0.2) is 4.39 Å². The number of anilines is 1. The number of amides is 2. The van der Waals surface area contributed by atoms with E-state index in [9.17, 15) is 14.0 Å². The molecule has 0 radical (unpaired) electrons. The third-order valence-corrected chi connectivity index (χ3v) is 5.88. The number of benzene rings is 1. The average Bonchev–Trinajstić information content (AvgIpc) is 3.23. The number of thiophene rings is 1. The Morgan fingerprint density at radius 3 is 2.74 bits per heavy atom. The molecule has 5 nitrogen and oxygen atoms in total. The van der Waals surface area contributed by atoms with Gasteiger partial charge in [-0.05, 0) is 49.7 Å². The van der Waals surface area contributed by atoms with E-state index in [1.54, 1.807) is 18.0 Å². The Labute approximate surface area is 172 Å². The summed E-state index contributed by atoms with van der Waals surface area (Å²) in [6.45, 7) is 3.54. The van der Waals surface area contributed by atoms with E-state index in [1.165, 1.54) is 23.5 Å². The lowest BCUT2D eigenvalue weighted by molar-refractivity contribution is 0.0748. The summed E-state index contributed by atoms with van der Waals surface area (Å²) in [5, 5.41) is 6.57. The summed E-state index contributed by atoms with van der Waals surface area (Å²) in [5.74, 6) is -0.999. The van der Waals surface area contributed by atoms with E-state index in [0.29, 0.717) is 9.88 Å². The van der Waals surface area contributed by atoms with Crippen molar-refractivity contribution in [3.63, 3.8) is 0 Å². The van der Waals surface area contributed by atoms with Gasteiger partial charge in [-0.1, -0.05) is 11.6 Å². The molecule has 1 fully saturated rings. The molecule has 2 heterocycles. The zero-order valence-electron chi connectivity index (χ0n) is 14.8. The summed E-state index contributed by atoms with van der Waals surface area (Å²) in [6.07, 6.45) is 0.930. The number of halogens is 3. The topological polar surface area (TPSA) is 61.4 Å². The molecular weight excluding hydrogens is 412 g/mol. The van der Waals surface area contributed by atoms with Gasteiger partial charge in [0.25, 0.3) is 11.8 Å². The van der Waals surface area contributed by atoms with Gasteiger partial charge in [-0.15, -0.1) is 23.7 Å². The zero-order chi connectivity index (χ0) is 18.8. The van der Waals surface area contributed by atoms with Gasteiger partial charge in [0, 0.05) is 19.6 Å². The average molecular weight is 432 g/mol. The first-order chi connectivity index (χ1) is 12.4. The molecule has 1 unspecified atom stereocenters. The highest BCUT2D eigenvalue weighted by atomic mass is 35.5. The van der Waals surface area contributed by atoms with Crippen molar-refractivity contribution in [2.45, 2.75) is 19.4 Å². The Morgan fingerprint density at radius 2 is 2.11 bits per heavy atom. The Hall–Kier alpha value is -1.67. The quantitative estimate of drug-likeness (QED) is 0.769. The van der Waals surface area contributed by atoms with Crippen LogP contribution < -0.4 is 10.6 Å². The van der Waals surface area contributed by atoms with Crippen LogP contribution in [0.25, 0.3) is 0 Å². The molecule has 1 saturated heterocycles. The summed E-state index contributed by atoms with van der Waals surface area (Å²) in [6, 6.07) is 5.55. The van der Waals surface area contributed by atoms with Gasteiger partial charge in [-0.2, -0.15) is 0 Å². The molecule has 2 N–H and O–H groups in total. The minimum absolute atomic E-state index is 0. The van der Waals surface area contributed by atoms with E-state index in [2.05, 4.69) is 10.6 Å². The number of carbonyl (C=O) groups is 2. The first kappa shape index (κ1) is 21.6. The van der Waals surface area contributed by atoms with Gasteiger partial charge in [0.1, 0.15) is 5.82 Å². The van der Waals surface area contributed by atoms with Gasteiger partial charge in [0.2, 0.25) is 0 Å². The van der Waals surface area contributed by atoms with Crippen molar-refractivity contribution in [3.8, 4) is 0 Å². The number of hydrogen-bond acceptors (Lipinski definition) is 4. The van der Waals surface area contributed by atoms with Crippen LogP contribution in [0, 0.1) is 12.7 Å². The normalized spacial score (nSPS) is 15.9. The van der Waals surface area contributed by atoms with Gasteiger partial charge in [-0.3, -0.25) is 9.59 Å². The van der Waals surface area contributed by atoms with E-state index >= 15 is 0 Å². The first-order valence-electron chi connectivity index (χ1n) is 8.21. The van der Waals surface area contributed by atoms with Crippen LogP contribution in [0.2, 0.25) is 5.02 Å². The van der Waals surface area contributed by atoms with Crippen molar-refractivity contribution < 1.29 is 14.0 Å². The fourth-order valence-electron chi connectivity index (χ4n) is 2.90. The monoisotopic (exact) mass is 431 g/mol. The van der Waals surface area contributed by atoms with Crippen LogP contribution in [-0.2, 0) is 0 Å². The maximum Gasteiger partial charge on any atom is 0.264 e. The van der Waals surface area contributed by atoms with E-state index in [-0.39, 0.29) is 34.9 Å². The van der Waals surface area contributed by atoms with Crippen LogP contribution in [0.5, 0.6) is 0 Å². The van der Waals surface area contributed by atoms with Crippen molar-refractivity contribution >= 4 is 52.2 Å². The van der Waals surface area contributed by atoms with Crippen LogP contribution in [0.15, 0.2) is 24.3 Å². The molecule has 2 aromatic rings. The maximum absolute atomic E-state index is 13.1. The van der Waals surface area contributed by atoms with Crippen LogP contribution in [0.3, 0.4) is 0 Å². The Balaban J connectivity index is 0.00000261. The molecule has 0 bridgehead atoms. The van der Waals surface area contributed by atoms with Gasteiger partial charge < -0.3 is 15.5 Å². The van der Waals surface area contributed by atoms with Crippen molar-refractivity contribution in [1.29, 1.82) is 0 Å². The van der Waals surface area contributed by atoms with E-state index in [4.69, 9.17) is 11.6 Å². The minimum Gasteiger partial charge on any atom is -0.337 e. The Kier molecular flexibility index (Phi) is 7.22. The van der Waals surface area contributed by atoms with E-state index in [1.807, 2.05) is 6.92 Å². The molecule has 146 valence electrons. The predicted molar refractivity (Wildman–Crippen MR) is 109 cm³/mol. The molecule has 1 aromatic heterocycles. The first-order valence-corrected chi connectivity index (χ1v) is 9.41. The minimum atomic E-state index is -0.504. The number of carbonyl (C=O) groups excluding carboxylic acids is 2. The van der Waals surface area contributed by atoms with Crippen molar-refractivity contribution in [2.75, 3.05) is 25.5 Å². The summed E-state index contributed by atoms with van der Waals surface area (Å²) < 4.78 is 13.1. The molecule has 1 aromatic carbocycles. The molecule has 3 rings (SSSR count). The number of hydrogen-bond donors (Lipinski definition) is 2. The summed E-state index contributed by atoms with van der Waals surface area (Å²) >= 11 is 7.15. The lowest BCUT2D eigenvalue weighted by Gasteiger charge is -2.23.